The first-order valence-corrected chi connectivity index (χ1v) is 5.75. The van der Waals surface area contributed by atoms with Gasteiger partial charge in [0.25, 0.3) is 0 Å². The zero-order valence-corrected chi connectivity index (χ0v) is 10.2. The second kappa shape index (κ2) is 4.63. The SMILES string of the molecule is COc1ccc(F)cc1C1(CO)CCN(C)C1. The molecule has 1 unspecified atom stereocenters. The summed E-state index contributed by atoms with van der Waals surface area (Å²) in [5, 5.41) is 9.69. The van der Waals surface area contributed by atoms with E-state index in [2.05, 4.69) is 4.90 Å². The number of hydrogen-bond donors (Lipinski definition) is 1. The number of hydrogen-bond acceptors (Lipinski definition) is 3. The standard InChI is InChI=1S/C13H18FNO2/c1-15-6-5-13(8-15,9-16)11-7-10(14)3-4-12(11)17-2/h3-4,7,16H,5-6,8-9H2,1-2H3. The first-order chi connectivity index (χ1) is 8.11. The number of nitrogens with zero attached hydrogens (tertiary/aromatic N) is 1. The highest BCUT2D eigenvalue weighted by Crippen LogP contribution is 2.39. The zero-order chi connectivity index (χ0) is 12.5. The van der Waals surface area contributed by atoms with Crippen molar-refractivity contribution >= 4 is 0 Å². The molecule has 1 aliphatic rings. The van der Waals surface area contributed by atoms with Crippen LogP contribution in [0, 0.1) is 5.82 Å². The summed E-state index contributed by atoms with van der Waals surface area (Å²) in [5.74, 6) is 0.360. The van der Waals surface area contributed by atoms with Gasteiger partial charge >= 0.3 is 0 Å². The Hall–Kier alpha value is -1.13. The molecule has 0 radical (unpaired) electrons. The first kappa shape index (κ1) is 12.3. The molecular weight excluding hydrogens is 221 g/mol. The fraction of sp³-hybridized carbons (Fsp3) is 0.538. The van der Waals surface area contributed by atoms with Crippen molar-refractivity contribution in [2.75, 3.05) is 33.9 Å². The minimum Gasteiger partial charge on any atom is -0.496 e. The number of halogens is 1. The lowest BCUT2D eigenvalue weighted by atomic mass is 9.80. The minimum atomic E-state index is -0.401. The van der Waals surface area contributed by atoms with Crippen molar-refractivity contribution in [1.82, 2.24) is 4.90 Å². The molecule has 1 saturated heterocycles. The van der Waals surface area contributed by atoms with E-state index in [1.807, 2.05) is 7.05 Å². The van der Waals surface area contributed by atoms with Crippen LogP contribution in [0.4, 0.5) is 4.39 Å². The Morgan fingerprint density at radius 1 is 1.53 bits per heavy atom. The Bertz CT molecular complexity index is 410. The van der Waals surface area contributed by atoms with Gasteiger partial charge in [0.1, 0.15) is 11.6 Å². The molecular formula is C13H18FNO2. The van der Waals surface area contributed by atoms with E-state index in [0.717, 1.165) is 25.1 Å². The molecule has 0 amide bonds. The van der Waals surface area contributed by atoms with Gasteiger partial charge in [-0.1, -0.05) is 0 Å². The van der Waals surface area contributed by atoms with Crippen LogP contribution < -0.4 is 4.74 Å². The second-order valence-corrected chi connectivity index (χ2v) is 4.77. The minimum absolute atomic E-state index is 0.0111. The molecule has 0 spiro atoms. The van der Waals surface area contributed by atoms with Crippen LogP contribution in [-0.2, 0) is 5.41 Å². The predicted octanol–water partition coefficient (Wildman–Crippen LogP) is 1.40. The van der Waals surface area contributed by atoms with Crippen LogP contribution in [0.25, 0.3) is 0 Å². The Balaban J connectivity index is 2.46. The number of aliphatic hydroxyl groups is 1. The Kier molecular flexibility index (Phi) is 3.35. The lowest BCUT2D eigenvalue weighted by Gasteiger charge is -2.28. The van der Waals surface area contributed by atoms with E-state index in [0.29, 0.717) is 5.75 Å². The van der Waals surface area contributed by atoms with E-state index < -0.39 is 5.41 Å². The molecule has 17 heavy (non-hydrogen) atoms. The maximum Gasteiger partial charge on any atom is 0.123 e. The van der Waals surface area contributed by atoms with Crippen molar-refractivity contribution in [2.24, 2.45) is 0 Å². The fourth-order valence-electron chi connectivity index (χ4n) is 2.61. The zero-order valence-electron chi connectivity index (χ0n) is 10.2. The van der Waals surface area contributed by atoms with Crippen LogP contribution in [0.15, 0.2) is 18.2 Å². The van der Waals surface area contributed by atoms with E-state index in [1.54, 1.807) is 13.2 Å². The number of rotatable bonds is 3. The molecule has 0 saturated carbocycles. The van der Waals surface area contributed by atoms with Gasteiger partial charge in [-0.05, 0) is 38.2 Å². The molecule has 0 bridgehead atoms. The monoisotopic (exact) mass is 239 g/mol. The van der Waals surface area contributed by atoms with E-state index >= 15 is 0 Å². The van der Waals surface area contributed by atoms with E-state index in [1.165, 1.54) is 12.1 Å². The Morgan fingerprint density at radius 2 is 2.29 bits per heavy atom. The van der Waals surface area contributed by atoms with Gasteiger partial charge in [-0.15, -0.1) is 0 Å². The molecule has 0 aromatic heterocycles. The average Bonchev–Trinajstić information content (AvgIpc) is 2.72. The van der Waals surface area contributed by atoms with Crippen molar-refractivity contribution < 1.29 is 14.2 Å². The molecule has 1 aromatic carbocycles. The van der Waals surface area contributed by atoms with Gasteiger partial charge in [-0.25, -0.2) is 4.39 Å². The van der Waals surface area contributed by atoms with Gasteiger partial charge in [-0.3, -0.25) is 0 Å². The van der Waals surface area contributed by atoms with Crippen LogP contribution >= 0.6 is 0 Å². The maximum absolute atomic E-state index is 13.4. The quantitative estimate of drug-likeness (QED) is 0.865. The van der Waals surface area contributed by atoms with Crippen LogP contribution in [0.1, 0.15) is 12.0 Å². The molecule has 1 atom stereocenters. The Labute approximate surface area is 101 Å². The fourth-order valence-corrected chi connectivity index (χ4v) is 2.61. The van der Waals surface area contributed by atoms with E-state index in [4.69, 9.17) is 4.74 Å². The largest absolute Gasteiger partial charge is 0.496 e. The van der Waals surface area contributed by atoms with Gasteiger partial charge in [0, 0.05) is 17.5 Å². The number of likely N-dealkylation sites (tertiary alicyclic amines) is 1. The summed E-state index contributed by atoms with van der Waals surface area (Å²) in [7, 11) is 3.57. The first-order valence-electron chi connectivity index (χ1n) is 5.75. The van der Waals surface area contributed by atoms with Gasteiger partial charge in [0.15, 0.2) is 0 Å². The summed E-state index contributed by atoms with van der Waals surface area (Å²) < 4.78 is 18.7. The maximum atomic E-state index is 13.4. The van der Waals surface area contributed by atoms with E-state index in [9.17, 15) is 9.50 Å². The second-order valence-electron chi connectivity index (χ2n) is 4.77. The summed E-state index contributed by atoms with van der Waals surface area (Å²) in [6, 6.07) is 4.49. The lowest BCUT2D eigenvalue weighted by molar-refractivity contribution is 0.191. The Morgan fingerprint density at radius 3 is 2.82 bits per heavy atom. The van der Waals surface area contributed by atoms with Crippen LogP contribution in [0.3, 0.4) is 0 Å². The third kappa shape index (κ3) is 2.15. The highest BCUT2D eigenvalue weighted by atomic mass is 19.1. The van der Waals surface area contributed by atoms with Crippen molar-refractivity contribution in [3.63, 3.8) is 0 Å². The smallest absolute Gasteiger partial charge is 0.123 e. The molecule has 1 aromatic rings. The summed E-state index contributed by atoms with van der Waals surface area (Å²) >= 11 is 0. The summed E-state index contributed by atoms with van der Waals surface area (Å²) in [5.41, 5.74) is 0.370. The van der Waals surface area contributed by atoms with Crippen LogP contribution in [-0.4, -0.2) is 43.9 Å². The van der Waals surface area contributed by atoms with Crippen molar-refractivity contribution in [3.8, 4) is 5.75 Å². The highest BCUT2D eigenvalue weighted by molar-refractivity contribution is 5.41. The lowest BCUT2D eigenvalue weighted by Crippen LogP contribution is -2.34. The molecule has 1 heterocycles. The van der Waals surface area contributed by atoms with Gasteiger partial charge in [0.2, 0.25) is 0 Å². The molecule has 3 nitrogen and oxygen atoms in total. The molecule has 2 rings (SSSR count). The number of ether oxygens (including phenoxy) is 1. The summed E-state index contributed by atoms with van der Waals surface area (Å²) in [6.07, 6.45) is 0.819. The highest BCUT2D eigenvalue weighted by Gasteiger charge is 2.40. The number of aliphatic hydroxyl groups excluding tert-OH is 1. The van der Waals surface area contributed by atoms with Crippen LogP contribution in [0.5, 0.6) is 5.75 Å². The summed E-state index contributed by atoms with van der Waals surface area (Å²) in [4.78, 5) is 2.14. The summed E-state index contributed by atoms with van der Waals surface area (Å²) in [6.45, 7) is 1.64. The van der Waals surface area contributed by atoms with E-state index in [-0.39, 0.29) is 12.4 Å². The molecule has 4 heteroatoms. The average molecular weight is 239 g/mol. The normalized spacial score (nSPS) is 25.2. The molecule has 1 N–H and O–H groups in total. The molecule has 1 aliphatic heterocycles. The van der Waals surface area contributed by atoms with Gasteiger partial charge < -0.3 is 14.7 Å². The molecule has 0 aliphatic carbocycles. The predicted molar refractivity (Wildman–Crippen MR) is 63.8 cm³/mol. The van der Waals surface area contributed by atoms with Gasteiger partial charge in [-0.2, -0.15) is 0 Å². The number of benzene rings is 1. The van der Waals surface area contributed by atoms with Crippen molar-refractivity contribution in [1.29, 1.82) is 0 Å². The third-order valence-corrected chi connectivity index (χ3v) is 3.58. The molecule has 94 valence electrons. The van der Waals surface area contributed by atoms with Gasteiger partial charge in [0.05, 0.1) is 13.7 Å². The molecule has 1 fully saturated rings. The van der Waals surface area contributed by atoms with Crippen molar-refractivity contribution in [3.05, 3.63) is 29.6 Å². The topological polar surface area (TPSA) is 32.7 Å². The van der Waals surface area contributed by atoms with Crippen LogP contribution in [0.2, 0.25) is 0 Å². The third-order valence-electron chi connectivity index (χ3n) is 3.58. The number of likely N-dealkylation sites (N-methyl/N-ethyl adjacent to an activating group) is 1. The van der Waals surface area contributed by atoms with Crippen molar-refractivity contribution in [2.45, 2.75) is 11.8 Å². The number of methoxy groups -OCH3 is 1.